The normalized spacial score (nSPS) is 12.2. The first kappa shape index (κ1) is 14.9. The quantitative estimate of drug-likeness (QED) is 0.869. The van der Waals surface area contributed by atoms with Gasteiger partial charge in [-0.15, -0.1) is 11.3 Å². The highest BCUT2D eigenvalue weighted by Gasteiger charge is 2.17. The molecule has 0 aliphatic rings. The van der Waals surface area contributed by atoms with Crippen molar-refractivity contribution in [3.63, 3.8) is 0 Å². The zero-order valence-electron chi connectivity index (χ0n) is 10.2. The SMILES string of the molecule is CC(C)(C)OC(=O)NCc1ccc(S(=O)(=O)F)s1. The summed E-state index contributed by atoms with van der Waals surface area (Å²) in [6.45, 7) is 5.28. The number of carbonyl (C=O) groups excluding carboxylic acids is 1. The molecule has 0 radical (unpaired) electrons. The van der Waals surface area contributed by atoms with E-state index in [-0.39, 0.29) is 10.8 Å². The van der Waals surface area contributed by atoms with E-state index in [0.717, 1.165) is 17.4 Å². The summed E-state index contributed by atoms with van der Waals surface area (Å²) in [5.74, 6) is 0. The second-order valence-corrected chi connectivity index (χ2v) is 7.26. The molecule has 102 valence electrons. The minimum atomic E-state index is -4.67. The minimum Gasteiger partial charge on any atom is -0.444 e. The molecule has 0 saturated carbocycles. The predicted octanol–water partition coefficient (Wildman–Crippen LogP) is 2.43. The molecule has 0 fully saturated rings. The lowest BCUT2D eigenvalue weighted by Gasteiger charge is -2.19. The van der Waals surface area contributed by atoms with Crippen LogP contribution in [-0.2, 0) is 21.5 Å². The second kappa shape index (κ2) is 5.23. The standard InChI is InChI=1S/C10H14FNO4S2/c1-10(2,3)16-9(13)12-6-7-4-5-8(17-7)18(11,14)15/h4-5H,6H2,1-3H3,(H,12,13). The summed E-state index contributed by atoms with van der Waals surface area (Å²) < 4.78 is 38.5. The smallest absolute Gasteiger partial charge is 0.407 e. The monoisotopic (exact) mass is 295 g/mol. The molecule has 5 nitrogen and oxygen atoms in total. The first-order chi connectivity index (χ1) is 8.08. The molecule has 0 aliphatic heterocycles. The van der Waals surface area contributed by atoms with Crippen molar-refractivity contribution < 1.29 is 21.8 Å². The third-order valence-electron chi connectivity index (χ3n) is 1.68. The summed E-state index contributed by atoms with van der Waals surface area (Å²) in [6.07, 6.45) is -0.611. The molecule has 0 spiro atoms. The molecule has 1 amide bonds. The van der Waals surface area contributed by atoms with Gasteiger partial charge in [0.1, 0.15) is 5.60 Å². The largest absolute Gasteiger partial charge is 0.444 e. The van der Waals surface area contributed by atoms with Gasteiger partial charge >= 0.3 is 16.3 Å². The van der Waals surface area contributed by atoms with Crippen molar-refractivity contribution in [2.24, 2.45) is 0 Å². The topological polar surface area (TPSA) is 72.5 Å². The Hall–Kier alpha value is -1.15. The van der Waals surface area contributed by atoms with Crippen molar-refractivity contribution in [3.8, 4) is 0 Å². The molecule has 0 aromatic carbocycles. The summed E-state index contributed by atoms with van der Waals surface area (Å²) in [5.41, 5.74) is -0.604. The van der Waals surface area contributed by atoms with Gasteiger partial charge in [0.2, 0.25) is 0 Å². The minimum absolute atomic E-state index is 0.0924. The Labute approximate surface area is 109 Å². The van der Waals surface area contributed by atoms with Crippen LogP contribution in [0.4, 0.5) is 8.68 Å². The maximum atomic E-state index is 12.6. The summed E-state index contributed by atoms with van der Waals surface area (Å²) in [6, 6.07) is 2.60. The predicted molar refractivity (Wildman–Crippen MR) is 65.7 cm³/mol. The van der Waals surface area contributed by atoms with Crippen molar-refractivity contribution in [1.82, 2.24) is 5.32 Å². The van der Waals surface area contributed by atoms with E-state index in [9.17, 15) is 17.1 Å². The van der Waals surface area contributed by atoms with Gasteiger partial charge in [0, 0.05) is 4.88 Å². The Morgan fingerprint density at radius 1 is 1.44 bits per heavy atom. The number of thiophene rings is 1. The van der Waals surface area contributed by atoms with Crippen LogP contribution >= 0.6 is 11.3 Å². The molecule has 1 N–H and O–H groups in total. The van der Waals surface area contributed by atoms with E-state index in [1.807, 2.05) is 0 Å². The average Bonchev–Trinajstić information content (AvgIpc) is 2.59. The molecule has 8 heteroatoms. The van der Waals surface area contributed by atoms with Gasteiger partial charge < -0.3 is 10.1 Å². The molecule has 0 atom stereocenters. The third kappa shape index (κ3) is 5.01. The van der Waals surface area contributed by atoms with E-state index >= 15 is 0 Å². The third-order valence-corrected chi connectivity index (χ3v) is 4.03. The lowest BCUT2D eigenvalue weighted by Crippen LogP contribution is -2.31. The van der Waals surface area contributed by atoms with Crippen LogP contribution in [0, 0.1) is 0 Å². The molecule has 0 aliphatic carbocycles. The van der Waals surface area contributed by atoms with E-state index in [4.69, 9.17) is 4.74 Å². The van der Waals surface area contributed by atoms with Crippen molar-refractivity contribution in [3.05, 3.63) is 17.0 Å². The number of rotatable bonds is 3. The van der Waals surface area contributed by atoms with Crippen LogP contribution in [-0.4, -0.2) is 20.1 Å². The number of halogens is 1. The Morgan fingerprint density at radius 2 is 2.06 bits per heavy atom. The van der Waals surface area contributed by atoms with Crippen molar-refractivity contribution >= 4 is 27.7 Å². The first-order valence-electron chi connectivity index (χ1n) is 5.08. The maximum absolute atomic E-state index is 12.6. The number of nitrogens with one attached hydrogen (secondary N) is 1. The molecule has 0 unspecified atom stereocenters. The van der Waals surface area contributed by atoms with Crippen LogP contribution in [0.25, 0.3) is 0 Å². The van der Waals surface area contributed by atoms with Crippen LogP contribution in [0.1, 0.15) is 25.6 Å². The van der Waals surface area contributed by atoms with Gasteiger partial charge in [-0.2, -0.15) is 8.42 Å². The van der Waals surface area contributed by atoms with Crippen LogP contribution in [0.5, 0.6) is 0 Å². The highest BCUT2D eigenvalue weighted by Crippen LogP contribution is 2.23. The Kier molecular flexibility index (Phi) is 4.33. The van der Waals surface area contributed by atoms with Gasteiger partial charge in [-0.05, 0) is 32.9 Å². The molecule has 0 bridgehead atoms. The fourth-order valence-electron chi connectivity index (χ4n) is 1.06. The van der Waals surface area contributed by atoms with Gasteiger partial charge in [-0.1, -0.05) is 3.89 Å². The molecule has 1 aromatic heterocycles. The summed E-state index contributed by atoms with van der Waals surface area (Å²) in [4.78, 5) is 11.8. The lowest BCUT2D eigenvalue weighted by atomic mass is 10.2. The molecule has 18 heavy (non-hydrogen) atoms. The van der Waals surface area contributed by atoms with E-state index in [2.05, 4.69) is 5.32 Å². The zero-order chi connectivity index (χ0) is 14.0. The lowest BCUT2D eigenvalue weighted by molar-refractivity contribution is 0.0524. The average molecular weight is 295 g/mol. The van der Waals surface area contributed by atoms with Gasteiger partial charge in [-0.3, -0.25) is 0 Å². The van der Waals surface area contributed by atoms with Gasteiger partial charge in [-0.25, -0.2) is 4.79 Å². The van der Waals surface area contributed by atoms with Crippen molar-refractivity contribution in [2.45, 2.75) is 37.1 Å². The van der Waals surface area contributed by atoms with Crippen LogP contribution in [0.15, 0.2) is 16.3 Å². The maximum Gasteiger partial charge on any atom is 0.407 e. The highest BCUT2D eigenvalue weighted by molar-refractivity contribution is 7.88. The van der Waals surface area contributed by atoms with Gasteiger partial charge in [0.05, 0.1) is 6.54 Å². The highest BCUT2D eigenvalue weighted by atomic mass is 32.3. The number of ether oxygens (including phenoxy) is 1. The summed E-state index contributed by atoms with van der Waals surface area (Å²) in [7, 11) is -4.67. The summed E-state index contributed by atoms with van der Waals surface area (Å²) >= 11 is 0.767. The summed E-state index contributed by atoms with van der Waals surface area (Å²) in [5, 5.41) is 2.45. The van der Waals surface area contributed by atoms with Crippen LogP contribution in [0.2, 0.25) is 0 Å². The Balaban J connectivity index is 2.55. The van der Waals surface area contributed by atoms with E-state index < -0.39 is 21.9 Å². The molecular weight excluding hydrogens is 281 g/mol. The second-order valence-electron chi connectivity index (χ2n) is 4.51. The fourth-order valence-corrected chi connectivity index (χ4v) is 2.68. The van der Waals surface area contributed by atoms with Crippen molar-refractivity contribution in [1.29, 1.82) is 0 Å². The Morgan fingerprint density at radius 3 is 2.50 bits per heavy atom. The fraction of sp³-hybridized carbons (Fsp3) is 0.500. The number of carbonyl (C=O) groups is 1. The number of alkyl carbamates (subject to hydrolysis) is 1. The molecule has 1 heterocycles. The van der Waals surface area contributed by atoms with E-state index in [1.54, 1.807) is 20.8 Å². The Bertz CT molecular complexity index is 530. The van der Waals surface area contributed by atoms with Gasteiger partial charge in [0.15, 0.2) is 4.21 Å². The van der Waals surface area contributed by atoms with E-state index in [1.165, 1.54) is 6.07 Å². The molecule has 0 saturated heterocycles. The zero-order valence-corrected chi connectivity index (χ0v) is 11.8. The van der Waals surface area contributed by atoms with Gasteiger partial charge in [0.25, 0.3) is 0 Å². The molecular formula is C10H14FNO4S2. The van der Waals surface area contributed by atoms with Crippen molar-refractivity contribution in [2.75, 3.05) is 0 Å². The first-order valence-corrected chi connectivity index (χ1v) is 7.28. The number of amides is 1. The molecule has 1 aromatic rings. The number of hydrogen-bond acceptors (Lipinski definition) is 5. The van der Waals surface area contributed by atoms with E-state index in [0.29, 0.717) is 4.88 Å². The van der Waals surface area contributed by atoms with Crippen LogP contribution < -0.4 is 5.32 Å². The number of hydrogen-bond donors (Lipinski definition) is 1. The molecule has 1 rings (SSSR count). The van der Waals surface area contributed by atoms with Crippen LogP contribution in [0.3, 0.4) is 0 Å².